The molecule has 1 aromatic rings. The summed E-state index contributed by atoms with van der Waals surface area (Å²) in [5.41, 5.74) is 1.28. The van der Waals surface area contributed by atoms with E-state index in [-0.39, 0.29) is 0 Å². The van der Waals surface area contributed by atoms with E-state index in [2.05, 4.69) is 42.1 Å². The molecule has 5 heteroatoms. The molecule has 0 spiro atoms. The molecule has 1 N–H and O–H groups in total. The summed E-state index contributed by atoms with van der Waals surface area (Å²) in [5, 5.41) is 3.24. The van der Waals surface area contributed by atoms with Crippen molar-refractivity contribution in [3.8, 4) is 0 Å². The standard InChI is InChI=1S/C15H23BrN4/c1-17-9-12-8-13(16)10-18-15(12)20-7-4-14(11-20)19-5-2-3-6-19/h8,10,14,17H,2-7,9,11H2,1H3. The van der Waals surface area contributed by atoms with E-state index in [9.17, 15) is 0 Å². The molecule has 110 valence electrons. The van der Waals surface area contributed by atoms with Gasteiger partial charge < -0.3 is 10.2 Å². The summed E-state index contributed by atoms with van der Waals surface area (Å²) < 4.78 is 1.06. The van der Waals surface area contributed by atoms with E-state index in [0.717, 1.165) is 36.0 Å². The number of anilines is 1. The maximum Gasteiger partial charge on any atom is 0.133 e. The van der Waals surface area contributed by atoms with Crippen LogP contribution < -0.4 is 10.2 Å². The third-order valence-corrected chi connectivity index (χ3v) is 4.83. The zero-order valence-electron chi connectivity index (χ0n) is 12.1. The molecule has 4 nitrogen and oxygen atoms in total. The molecule has 2 fully saturated rings. The summed E-state index contributed by atoms with van der Waals surface area (Å²) >= 11 is 3.52. The summed E-state index contributed by atoms with van der Waals surface area (Å²) in [5.74, 6) is 1.16. The van der Waals surface area contributed by atoms with Gasteiger partial charge in [0.05, 0.1) is 0 Å². The number of pyridine rings is 1. The lowest BCUT2D eigenvalue weighted by Gasteiger charge is -2.25. The molecular formula is C15H23BrN4. The van der Waals surface area contributed by atoms with Gasteiger partial charge in [0.25, 0.3) is 0 Å². The van der Waals surface area contributed by atoms with Gasteiger partial charge in [-0.25, -0.2) is 4.98 Å². The number of hydrogen-bond acceptors (Lipinski definition) is 4. The molecule has 3 heterocycles. The van der Waals surface area contributed by atoms with E-state index in [1.54, 1.807) is 0 Å². The second-order valence-corrected chi connectivity index (χ2v) is 6.71. The Hall–Kier alpha value is -0.650. The predicted octanol–water partition coefficient (Wildman–Crippen LogP) is 2.24. The Balaban J connectivity index is 1.73. The summed E-state index contributed by atoms with van der Waals surface area (Å²) in [6.07, 6.45) is 5.94. The monoisotopic (exact) mass is 338 g/mol. The molecule has 1 atom stereocenters. The van der Waals surface area contributed by atoms with Crippen LogP contribution in [0.25, 0.3) is 0 Å². The van der Waals surface area contributed by atoms with E-state index in [1.807, 2.05) is 13.2 Å². The van der Waals surface area contributed by atoms with Crippen LogP contribution in [0.1, 0.15) is 24.8 Å². The third kappa shape index (κ3) is 3.00. The van der Waals surface area contributed by atoms with Crippen molar-refractivity contribution in [2.75, 3.05) is 38.1 Å². The fraction of sp³-hybridized carbons (Fsp3) is 0.667. The number of hydrogen-bond donors (Lipinski definition) is 1. The van der Waals surface area contributed by atoms with Crippen LogP contribution in [-0.2, 0) is 6.54 Å². The van der Waals surface area contributed by atoms with Crippen LogP contribution in [-0.4, -0.2) is 49.2 Å². The molecule has 2 aliphatic heterocycles. The van der Waals surface area contributed by atoms with E-state index in [4.69, 9.17) is 0 Å². The molecule has 2 aliphatic rings. The van der Waals surface area contributed by atoms with Crippen molar-refractivity contribution in [1.82, 2.24) is 15.2 Å². The van der Waals surface area contributed by atoms with Crippen LogP contribution >= 0.6 is 15.9 Å². The van der Waals surface area contributed by atoms with E-state index in [0.29, 0.717) is 0 Å². The molecule has 20 heavy (non-hydrogen) atoms. The number of rotatable bonds is 4. The molecule has 1 aromatic heterocycles. The van der Waals surface area contributed by atoms with Gasteiger partial charge in [-0.2, -0.15) is 0 Å². The maximum absolute atomic E-state index is 4.66. The van der Waals surface area contributed by atoms with Gasteiger partial charge in [-0.3, -0.25) is 4.90 Å². The van der Waals surface area contributed by atoms with Gasteiger partial charge in [0.1, 0.15) is 5.82 Å². The average molecular weight is 339 g/mol. The minimum atomic E-state index is 0.727. The molecule has 0 saturated carbocycles. The van der Waals surface area contributed by atoms with Crippen LogP contribution in [0.2, 0.25) is 0 Å². The zero-order chi connectivity index (χ0) is 13.9. The van der Waals surface area contributed by atoms with Crippen molar-refractivity contribution in [3.63, 3.8) is 0 Å². The van der Waals surface area contributed by atoms with Gasteiger partial charge in [-0.1, -0.05) is 0 Å². The second kappa shape index (κ2) is 6.41. The Labute approximate surface area is 129 Å². The summed E-state index contributed by atoms with van der Waals surface area (Å²) in [6, 6.07) is 2.91. The third-order valence-electron chi connectivity index (χ3n) is 4.40. The molecule has 3 rings (SSSR count). The lowest BCUT2D eigenvalue weighted by atomic mass is 10.2. The fourth-order valence-electron chi connectivity index (χ4n) is 3.42. The van der Waals surface area contributed by atoms with Gasteiger partial charge in [0, 0.05) is 41.9 Å². The van der Waals surface area contributed by atoms with Gasteiger partial charge in [-0.05, 0) is 61.4 Å². The molecule has 0 bridgehead atoms. The van der Waals surface area contributed by atoms with Crippen LogP contribution in [0.4, 0.5) is 5.82 Å². The van der Waals surface area contributed by atoms with Crippen molar-refractivity contribution >= 4 is 21.7 Å². The first-order chi connectivity index (χ1) is 9.78. The Morgan fingerprint density at radius 2 is 2.15 bits per heavy atom. The van der Waals surface area contributed by atoms with Crippen molar-refractivity contribution in [3.05, 3.63) is 22.3 Å². The minimum absolute atomic E-state index is 0.727. The Bertz CT molecular complexity index is 459. The van der Waals surface area contributed by atoms with Crippen LogP contribution in [0.3, 0.4) is 0 Å². The highest BCUT2D eigenvalue weighted by Crippen LogP contribution is 2.27. The van der Waals surface area contributed by atoms with Crippen LogP contribution in [0, 0.1) is 0 Å². The lowest BCUT2D eigenvalue weighted by molar-refractivity contribution is 0.260. The Morgan fingerprint density at radius 1 is 1.35 bits per heavy atom. The van der Waals surface area contributed by atoms with Gasteiger partial charge in [0.2, 0.25) is 0 Å². The highest BCUT2D eigenvalue weighted by atomic mass is 79.9. The fourth-order valence-corrected chi connectivity index (χ4v) is 3.80. The summed E-state index contributed by atoms with van der Waals surface area (Å²) in [6.45, 7) is 5.70. The highest BCUT2D eigenvalue weighted by molar-refractivity contribution is 9.10. The first-order valence-electron chi connectivity index (χ1n) is 7.56. The van der Waals surface area contributed by atoms with Crippen LogP contribution in [0.5, 0.6) is 0 Å². The number of aromatic nitrogens is 1. The number of halogens is 1. The van der Waals surface area contributed by atoms with Gasteiger partial charge >= 0.3 is 0 Å². The van der Waals surface area contributed by atoms with Crippen molar-refractivity contribution < 1.29 is 0 Å². The van der Waals surface area contributed by atoms with E-state index in [1.165, 1.54) is 37.9 Å². The normalized spacial score (nSPS) is 23.7. The van der Waals surface area contributed by atoms with Crippen molar-refractivity contribution in [2.45, 2.75) is 31.8 Å². The molecule has 0 aliphatic carbocycles. The van der Waals surface area contributed by atoms with E-state index >= 15 is 0 Å². The summed E-state index contributed by atoms with van der Waals surface area (Å²) in [4.78, 5) is 9.78. The highest BCUT2D eigenvalue weighted by Gasteiger charge is 2.30. The molecule has 0 amide bonds. The molecule has 1 unspecified atom stereocenters. The molecule has 0 radical (unpaired) electrons. The number of nitrogens with one attached hydrogen (secondary N) is 1. The minimum Gasteiger partial charge on any atom is -0.355 e. The van der Waals surface area contributed by atoms with E-state index < -0.39 is 0 Å². The smallest absolute Gasteiger partial charge is 0.133 e. The Kier molecular flexibility index (Phi) is 4.58. The Morgan fingerprint density at radius 3 is 2.90 bits per heavy atom. The quantitative estimate of drug-likeness (QED) is 0.912. The van der Waals surface area contributed by atoms with Crippen molar-refractivity contribution in [1.29, 1.82) is 0 Å². The second-order valence-electron chi connectivity index (χ2n) is 5.80. The SMILES string of the molecule is CNCc1cc(Br)cnc1N1CCC(N2CCCC2)C1. The van der Waals surface area contributed by atoms with Gasteiger partial charge in [0.15, 0.2) is 0 Å². The number of nitrogens with zero attached hydrogens (tertiary/aromatic N) is 3. The lowest BCUT2D eigenvalue weighted by Crippen LogP contribution is -2.35. The van der Waals surface area contributed by atoms with Crippen LogP contribution in [0.15, 0.2) is 16.7 Å². The predicted molar refractivity (Wildman–Crippen MR) is 86.1 cm³/mol. The summed E-state index contributed by atoms with van der Waals surface area (Å²) in [7, 11) is 1.99. The first-order valence-corrected chi connectivity index (χ1v) is 8.35. The number of likely N-dealkylation sites (tertiary alicyclic amines) is 1. The van der Waals surface area contributed by atoms with Gasteiger partial charge in [-0.15, -0.1) is 0 Å². The maximum atomic E-state index is 4.66. The van der Waals surface area contributed by atoms with Crippen molar-refractivity contribution in [2.24, 2.45) is 0 Å². The molecule has 0 aromatic carbocycles. The molecular weight excluding hydrogens is 316 g/mol. The topological polar surface area (TPSA) is 31.4 Å². The largest absolute Gasteiger partial charge is 0.355 e. The zero-order valence-corrected chi connectivity index (χ0v) is 13.7. The molecule has 2 saturated heterocycles. The average Bonchev–Trinajstić information content (AvgIpc) is 3.10. The first kappa shape index (κ1) is 14.3.